The number of hydrogen-bond acceptors (Lipinski definition) is 6. The maximum absolute atomic E-state index is 13.3. The molecule has 0 atom stereocenters. The first-order valence-corrected chi connectivity index (χ1v) is 12.1. The number of nitrogens with one attached hydrogen (secondary N) is 1. The van der Waals surface area contributed by atoms with Crippen LogP contribution in [0.3, 0.4) is 0 Å². The lowest BCUT2D eigenvalue weighted by Gasteiger charge is -2.32. The summed E-state index contributed by atoms with van der Waals surface area (Å²) >= 11 is 0. The Labute approximate surface area is 195 Å². The number of methoxy groups -OCH3 is 2. The third-order valence-electron chi connectivity index (χ3n) is 5.53. The van der Waals surface area contributed by atoms with Crippen molar-refractivity contribution < 1.29 is 27.4 Å². The number of allylic oxidation sites excluding steroid dienone is 1. The van der Waals surface area contributed by atoms with Crippen LogP contribution in [0.5, 0.6) is 17.2 Å². The molecule has 0 saturated carbocycles. The monoisotopic (exact) mass is 474 g/mol. The van der Waals surface area contributed by atoms with Gasteiger partial charge in [-0.25, -0.2) is 8.42 Å². The van der Waals surface area contributed by atoms with Crippen LogP contribution in [-0.4, -0.2) is 48.2 Å². The highest BCUT2D eigenvalue weighted by atomic mass is 32.2. The molecule has 1 aliphatic heterocycles. The van der Waals surface area contributed by atoms with Crippen LogP contribution in [0.4, 0.5) is 5.69 Å². The molecule has 9 heteroatoms. The van der Waals surface area contributed by atoms with Gasteiger partial charge in [-0.1, -0.05) is 17.7 Å². The lowest BCUT2D eigenvalue weighted by atomic mass is 10.0. The minimum Gasteiger partial charge on any atom is -0.493 e. The predicted octanol–water partition coefficient (Wildman–Crippen LogP) is 3.42. The topological polar surface area (TPSA) is 94.2 Å². The van der Waals surface area contributed by atoms with Crippen molar-refractivity contribution in [2.45, 2.75) is 27.7 Å². The molecule has 0 bridgehead atoms. The summed E-state index contributed by atoms with van der Waals surface area (Å²) in [7, 11) is -1.07. The Morgan fingerprint density at radius 2 is 1.67 bits per heavy atom. The van der Waals surface area contributed by atoms with E-state index in [0.29, 0.717) is 28.3 Å². The molecular formula is C24H30N2O6S. The van der Waals surface area contributed by atoms with Crippen molar-refractivity contribution in [1.29, 1.82) is 0 Å². The van der Waals surface area contributed by atoms with E-state index in [2.05, 4.69) is 5.32 Å². The van der Waals surface area contributed by atoms with Crippen LogP contribution >= 0.6 is 0 Å². The molecule has 8 nitrogen and oxygen atoms in total. The number of aryl methyl sites for hydroxylation is 2. The maximum Gasteiger partial charge on any atom is 0.270 e. The summed E-state index contributed by atoms with van der Waals surface area (Å²) in [5.74, 6) is 0.917. The molecule has 3 rings (SSSR count). The zero-order chi connectivity index (χ0) is 24.3. The molecule has 1 N–H and O–H groups in total. The lowest BCUT2D eigenvalue weighted by molar-refractivity contribution is -0.116. The Balaban J connectivity index is 1.86. The molecular weight excluding hydrogens is 444 g/mol. The average Bonchev–Trinajstić information content (AvgIpc) is 2.77. The SMILES string of the molecule is CCN1c2cc(OC)c(OC)cc2C(C)=C(C(=O)NCCOc2ccc(C)cc2C)S1(=O)=O. The van der Waals surface area contributed by atoms with E-state index in [1.165, 1.54) is 18.5 Å². The number of sulfonamides is 1. The largest absolute Gasteiger partial charge is 0.493 e. The summed E-state index contributed by atoms with van der Waals surface area (Å²) < 4.78 is 44.4. The second kappa shape index (κ2) is 9.74. The van der Waals surface area contributed by atoms with Gasteiger partial charge in [-0.05, 0) is 51.0 Å². The van der Waals surface area contributed by atoms with E-state index in [4.69, 9.17) is 14.2 Å². The summed E-state index contributed by atoms with van der Waals surface area (Å²) in [6.45, 7) is 7.81. The Bertz CT molecular complexity index is 1200. The van der Waals surface area contributed by atoms with Gasteiger partial charge in [0.05, 0.1) is 26.5 Å². The second-order valence-electron chi connectivity index (χ2n) is 7.72. The van der Waals surface area contributed by atoms with E-state index in [1.54, 1.807) is 26.0 Å². The Hall–Kier alpha value is -3.20. The number of benzene rings is 2. The second-order valence-corrected chi connectivity index (χ2v) is 9.52. The summed E-state index contributed by atoms with van der Waals surface area (Å²) in [5, 5.41) is 2.68. The molecule has 178 valence electrons. The van der Waals surface area contributed by atoms with E-state index >= 15 is 0 Å². The molecule has 2 aromatic rings. The molecule has 0 radical (unpaired) electrons. The molecule has 2 aromatic carbocycles. The normalized spacial score (nSPS) is 14.5. The van der Waals surface area contributed by atoms with Crippen LogP contribution in [0.2, 0.25) is 0 Å². The van der Waals surface area contributed by atoms with Gasteiger partial charge in [-0.3, -0.25) is 9.10 Å². The van der Waals surface area contributed by atoms with Gasteiger partial charge in [0.25, 0.3) is 15.9 Å². The maximum atomic E-state index is 13.3. The average molecular weight is 475 g/mol. The summed E-state index contributed by atoms with van der Waals surface area (Å²) in [4.78, 5) is 12.7. The van der Waals surface area contributed by atoms with Gasteiger partial charge in [0.15, 0.2) is 16.4 Å². The highest BCUT2D eigenvalue weighted by Crippen LogP contribution is 2.44. The van der Waals surface area contributed by atoms with Crippen LogP contribution in [0.25, 0.3) is 5.57 Å². The molecule has 0 aliphatic carbocycles. The number of rotatable bonds is 8. The highest BCUT2D eigenvalue weighted by Gasteiger charge is 2.39. The number of hydrogen-bond donors (Lipinski definition) is 1. The number of ether oxygens (including phenoxy) is 3. The molecule has 0 saturated heterocycles. The van der Waals surface area contributed by atoms with Crippen LogP contribution in [0.15, 0.2) is 35.2 Å². The first kappa shape index (κ1) is 24.4. The minimum absolute atomic E-state index is 0.156. The third kappa shape index (κ3) is 4.64. The Kier molecular flexibility index (Phi) is 7.22. The number of carbonyl (C=O) groups is 1. The minimum atomic E-state index is -4.06. The molecule has 0 fully saturated rings. The fraction of sp³-hybridized carbons (Fsp3) is 0.375. The molecule has 0 aromatic heterocycles. The number of nitrogens with zero attached hydrogens (tertiary/aromatic N) is 1. The van der Waals surface area contributed by atoms with Crippen molar-refractivity contribution in [2.24, 2.45) is 0 Å². The molecule has 1 amide bonds. The van der Waals surface area contributed by atoms with Gasteiger partial charge in [0.1, 0.15) is 12.4 Å². The van der Waals surface area contributed by atoms with E-state index in [9.17, 15) is 13.2 Å². The Morgan fingerprint density at radius 3 is 2.27 bits per heavy atom. The van der Waals surface area contributed by atoms with E-state index < -0.39 is 15.9 Å². The number of carbonyl (C=O) groups excluding carboxylic acids is 1. The standard InChI is InChI=1S/C24H30N2O6S/c1-7-26-19-14-22(31-6)21(30-5)13-18(19)17(4)23(33(26,28)29)24(27)25-10-11-32-20-9-8-15(2)12-16(20)3/h8-9,12-14H,7,10-11H2,1-6H3,(H,25,27). The smallest absolute Gasteiger partial charge is 0.270 e. The van der Waals surface area contributed by atoms with Crippen molar-refractivity contribution in [1.82, 2.24) is 5.32 Å². The summed E-state index contributed by atoms with van der Waals surface area (Å²) in [6.07, 6.45) is 0. The predicted molar refractivity (Wildman–Crippen MR) is 129 cm³/mol. The molecule has 1 heterocycles. The molecule has 0 spiro atoms. The lowest BCUT2D eigenvalue weighted by Crippen LogP contribution is -2.41. The van der Waals surface area contributed by atoms with Crippen molar-refractivity contribution in [3.05, 3.63) is 51.9 Å². The van der Waals surface area contributed by atoms with Gasteiger partial charge in [-0.2, -0.15) is 0 Å². The van der Waals surface area contributed by atoms with Crippen molar-refractivity contribution >= 4 is 27.2 Å². The van der Waals surface area contributed by atoms with Crippen molar-refractivity contribution in [3.8, 4) is 17.2 Å². The van der Waals surface area contributed by atoms with E-state index in [1.807, 2.05) is 32.0 Å². The first-order valence-electron chi connectivity index (χ1n) is 10.6. The van der Waals surface area contributed by atoms with Gasteiger partial charge in [0, 0.05) is 18.2 Å². The van der Waals surface area contributed by atoms with Crippen molar-refractivity contribution in [3.63, 3.8) is 0 Å². The number of amides is 1. The van der Waals surface area contributed by atoms with Crippen molar-refractivity contribution in [2.75, 3.05) is 38.2 Å². The summed E-state index contributed by atoms with van der Waals surface area (Å²) in [6, 6.07) is 9.14. The molecule has 0 unspecified atom stereocenters. The quantitative estimate of drug-likeness (QED) is 0.589. The van der Waals surface area contributed by atoms with Gasteiger partial charge >= 0.3 is 0 Å². The molecule has 33 heavy (non-hydrogen) atoms. The zero-order valence-electron chi connectivity index (χ0n) is 19.8. The van der Waals surface area contributed by atoms with E-state index in [-0.39, 0.29) is 24.6 Å². The number of fused-ring (bicyclic) bond motifs is 1. The highest BCUT2D eigenvalue weighted by molar-refractivity contribution is 7.97. The van der Waals surface area contributed by atoms with E-state index in [0.717, 1.165) is 16.9 Å². The summed E-state index contributed by atoms with van der Waals surface area (Å²) in [5.41, 5.74) is 3.52. The Morgan fingerprint density at radius 1 is 1.00 bits per heavy atom. The number of anilines is 1. The fourth-order valence-corrected chi connectivity index (χ4v) is 5.70. The van der Waals surface area contributed by atoms with Gasteiger partial charge < -0.3 is 19.5 Å². The zero-order valence-corrected chi connectivity index (χ0v) is 20.6. The first-order chi connectivity index (χ1) is 15.6. The van der Waals surface area contributed by atoms with Crippen LogP contribution in [-0.2, 0) is 14.8 Å². The molecule has 1 aliphatic rings. The fourth-order valence-electron chi connectivity index (χ4n) is 3.93. The van der Waals surface area contributed by atoms with Gasteiger partial charge in [0.2, 0.25) is 0 Å². The van der Waals surface area contributed by atoms with Crippen LogP contribution < -0.4 is 23.8 Å². The van der Waals surface area contributed by atoms with Crippen LogP contribution in [0, 0.1) is 13.8 Å². The third-order valence-corrected chi connectivity index (χ3v) is 7.57. The van der Waals surface area contributed by atoms with Gasteiger partial charge in [-0.15, -0.1) is 0 Å². The van der Waals surface area contributed by atoms with Crippen LogP contribution in [0.1, 0.15) is 30.5 Å².